The molecule has 0 heterocycles. The van der Waals surface area contributed by atoms with Crippen LogP contribution in [0.3, 0.4) is 0 Å². The van der Waals surface area contributed by atoms with Crippen molar-refractivity contribution in [3.05, 3.63) is 75.8 Å². The molecule has 0 aliphatic carbocycles. The summed E-state index contributed by atoms with van der Waals surface area (Å²) < 4.78 is 0. The van der Waals surface area contributed by atoms with Crippen molar-refractivity contribution in [3.63, 3.8) is 0 Å². The fourth-order valence-electron chi connectivity index (χ4n) is 2.00. The van der Waals surface area contributed by atoms with Gasteiger partial charge in [0.1, 0.15) is 12.1 Å². The normalized spacial score (nSPS) is 13.9. The molecule has 0 aromatic heterocycles. The van der Waals surface area contributed by atoms with Crippen LogP contribution in [0, 0.1) is 10.1 Å². The molecule has 0 fully saturated rings. The lowest BCUT2D eigenvalue weighted by Gasteiger charge is -2.17. The third kappa shape index (κ3) is 3.97. The zero-order chi connectivity index (χ0) is 15.9. The molecule has 0 aliphatic rings. The van der Waals surface area contributed by atoms with Crippen LogP contribution >= 0.6 is 0 Å². The van der Waals surface area contributed by atoms with Gasteiger partial charge < -0.3 is 10.2 Å². The van der Waals surface area contributed by atoms with Gasteiger partial charge in [-0.25, -0.2) is 0 Å². The van der Waals surface area contributed by atoms with Crippen molar-refractivity contribution in [2.75, 3.05) is 6.61 Å². The maximum absolute atomic E-state index is 10.7. The van der Waals surface area contributed by atoms with Crippen molar-refractivity contribution in [2.45, 2.75) is 12.1 Å². The average Bonchev–Trinajstić information content (AvgIpc) is 2.56. The molecule has 0 bridgehead atoms. The molecule has 0 amide bonds. The standard InChI is InChI=1S/C16H16N2O4/c19-11-15(16(20)13-6-2-1-3-7-13)17-10-12-5-4-8-14(9-12)18(21)22/h1-10,15-16,19-20H,11H2/t15-,16?/m0/s1. The first-order chi connectivity index (χ1) is 10.6. The summed E-state index contributed by atoms with van der Waals surface area (Å²) in [5, 5.41) is 30.3. The number of nitrogens with zero attached hydrogens (tertiary/aromatic N) is 2. The fourth-order valence-corrected chi connectivity index (χ4v) is 2.00. The third-order valence-corrected chi connectivity index (χ3v) is 3.19. The maximum atomic E-state index is 10.7. The minimum atomic E-state index is -0.943. The number of non-ortho nitro benzene ring substituents is 1. The van der Waals surface area contributed by atoms with E-state index in [0.29, 0.717) is 11.1 Å². The van der Waals surface area contributed by atoms with Crippen LogP contribution in [-0.2, 0) is 0 Å². The summed E-state index contributed by atoms with van der Waals surface area (Å²) in [6.07, 6.45) is 0.473. The molecule has 0 aliphatic heterocycles. The van der Waals surface area contributed by atoms with E-state index in [1.165, 1.54) is 18.3 Å². The Balaban J connectivity index is 2.16. The first kappa shape index (κ1) is 15.8. The summed E-state index contributed by atoms with van der Waals surface area (Å²) in [6, 6.07) is 14.2. The number of benzene rings is 2. The molecule has 0 saturated carbocycles. The molecule has 1 unspecified atom stereocenters. The summed E-state index contributed by atoms with van der Waals surface area (Å²) in [5.74, 6) is 0. The molecular weight excluding hydrogens is 284 g/mol. The first-order valence-corrected chi connectivity index (χ1v) is 6.73. The molecule has 2 atom stereocenters. The Labute approximate surface area is 127 Å². The molecule has 0 radical (unpaired) electrons. The number of aliphatic hydroxyl groups excluding tert-OH is 2. The molecular formula is C16H16N2O4. The van der Waals surface area contributed by atoms with Crippen molar-refractivity contribution < 1.29 is 15.1 Å². The van der Waals surface area contributed by atoms with E-state index < -0.39 is 17.1 Å². The minimum Gasteiger partial charge on any atom is -0.394 e. The lowest BCUT2D eigenvalue weighted by Crippen LogP contribution is -2.21. The Kier molecular flexibility index (Phi) is 5.35. The molecule has 0 spiro atoms. The SMILES string of the molecule is O=[N+]([O-])c1cccc(C=N[C@@H](CO)C(O)c2ccccc2)c1. The third-order valence-electron chi connectivity index (χ3n) is 3.19. The highest BCUT2D eigenvalue weighted by molar-refractivity contribution is 5.80. The Hall–Kier alpha value is -2.57. The highest BCUT2D eigenvalue weighted by Crippen LogP contribution is 2.19. The maximum Gasteiger partial charge on any atom is 0.270 e. The molecule has 2 rings (SSSR count). The zero-order valence-corrected chi connectivity index (χ0v) is 11.7. The van der Waals surface area contributed by atoms with Gasteiger partial charge in [-0.2, -0.15) is 0 Å². The summed E-state index contributed by atoms with van der Waals surface area (Å²) in [6.45, 7) is -0.332. The van der Waals surface area contributed by atoms with Crippen LogP contribution in [0.25, 0.3) is 0 Å². The predicted octanol–water partition coefficient (Wildman–Crippen LogP) is 2.11. The molecule has 22 heavy (non-hydrogen) atoms. The predicted molar refractivity (Wildman–Crippen MR) is 83.0 cm³/mol. The van der Waals surface area contributed by atoms with Crippen molar-refractivity contribution in [2.24, 2.45) is 4.99 Å². The smallest absolute Gasteiger partial charge is 0.270 e. The van der Waals surface area contributed by atoms with Crippen LogP contribution in [0.15, 0.2) is 59.6 Å². The topological polar surface area (TPSA) is 96.0 Å². The molecule has 114 valence electrons. The van der Waals surface area contributed by atoms with E-state index in [2.05, 4.69) is 4.99 Å². The number of hydrogen-bond donors (Lipinski definition) is 2. The minimum absolute atomic E-state index is 0.0342. The van der Waals surface area contributed by atoms with E-state index >= 15 is 0 Å². The van der Waals surface area contributed by atoms with Gasteiger partial charge in [0.05, 0.1) is 11.5 Å². The van der Waals surface area contributed by atoms with E-state index in [1.54, 1.807) is 36.4 Å². The second-order valence-electron chi connectivity index (χ2n) is 4.74. The Bertz CT molecular complexity index is 658. The van der Waals surface area contributed by atoms with Crippen LogP contribution in [-0.4, -0.2) is 34.0 Å². The second-order valence-corrected chi connectivity index (χ2v) is 4.74. The largest absolute Gasteiger partial charge is 0.394 e. The number of nitro benzene ring substituents is 1. The summed E-state index contributed by atoms with van der Waals surface area (Å²) in [4.78, 5) is 14.4. The van der Waals surface area contributed by atoms with Gasteiger partial charge in [-0.15, -0.1) is 0 Å². The fraction of sp³-hybridized carbons (Fsp3) is 0.188. The van der Waals surface area contributed by atoms with E-state index in [0.717, 1.165) is 0 Å². The highest BCUT2D eigenvalue weighted by atomic mass is 16.6. The number of rotatable bonds is 6. The van der Waals surface area contributed by atoms with Crippen molar-refractivity contribution >= 4 is 11.9 Å². The zero-order valence-electron chi connectivity index (χ0n) is 11.7. The van der Waals surface area contributed by atoms with E-state index in [9.17, 15) is 20.3 Å². The van der Waals surface area contributed by atoms with Crippen molar-refractivity contribution in [3.8, 4) is 0 Å². The van der Waals surface area contributed by atoms with E-state index in [1.807, 2.05) is 6.07 Å². The quantitative estimate of drug-likeness (QED) is 0.485. The van der Waals surface area contributed by atoms with Gasteiger partial charge in [0.25, 0.3) is 5.69 Å². The van der Waals surface area contributed by atoms with Gasteiger partial charge in [0, 0.05) is 18.3 Å². The van der Waals surface area contributed by atoms with Crippen LogP contribution < -0.4 is 0 Å². The van der Waals surface area contributed by atoms with Crippen LogP contribution in [0.5, 0.6) is 0 Å². The van der Waals surface area contributed by atoms with Crippen molar-refractivity contribution in [1.82, 2.24) is 0 Å². The molecule has 6 heteroatoms. The van der Waals surface area contributed by atoms with Crippen LogP contribution in [0.2, 0.25) is 0 Å². The van der Waals surface area contributed by atoms with Gasteiger partial charge in [0.2, 0.25) is 0 Å². The summed E-state index contributed by atoms with van der Waals surface area (Å²) >= 11 is 0. The number of nitro groups is 1. The average molecular weight is 300 g/mol. The summed E-state index contributed by atoms with van der Waals surface area (Å²) in [7, 11) is 0. The van der Waals surface area contributed by atoms with Gasteiger partial charge in [-0.3, -0.25) is 15.1 Å². The van der Waals surface area contributed by atoms with Crippen molar-refractivity contribution in [1.29, 1.82) is 0 Å². The van der Waals surface area contributed by atoms with Gasteiger partial charge in [0.15, 0.2) is 0 Å². The lowest BCUT2D eigenvalue weighted by molar-refractivity contribution is -0.384. The molecule has 2 aromatic carbocycles. The second kappa shape index (κ2) is 7.44. The Morgan fingerprint density at radius 2 is 1.91 bits per heavy atom. The van der Waals surface area contributed by atoms with Gasteiger partial charge >= 0.3 is 0 Å². The number of hydrogen-bond acceptors (Lipinski definition) is 5. The van der Waals surface area contributed by atoms with Crippen LogP contribution in [0.1, 0.15) is 17.2 Å². The van der Waals surface area contributed by atoms with E-state index in [4.69, 9.17) is 0 Å². The monoisotopic (exact) mass is 300 g/mol. The van der Waals surface area contributed by atoms with E-state index in [-0.39, 0.29) is 12.3 Å². The molecule has 2 N–H and O–H groups in total. The molecule has 2 aromatic rings. The van der Waals surface area contributed by atoms with Gasteiger partial charge in [-0.1, -0.05) is 42.5 Å². The lowest BCUT2D eigenvalue weighted by atomic mass is 10.0. The number of aliphatic hydroxyl groups is 2. The molecule has 6 nitrogen and oxygen atoms in total. The van der Waals surface area contributed by atoms with Crippen LogP contribution in [0.4, 0.5) is 5.69 Å². The number of aliphatic imine (C=N–C) groups is 1. The summed E-state index contributed by atoms with van der Waals surface area (Å²) in [5.41, 5.74) is 1.15. The first-order valence-electron chi connectivity index (χ1n) is 6.73. The Morgan fingerprint density at radius 3 is 2.55 bits per heavy atom. The van der Waals surface area contributed by atoms with Gasteiger partial charge in [-0.05, 0) is 11.1 Å². The Morgan fingerprint density at radius 1 is 1.18 bits per heavy atom. The highest BCUT2D eigenvalue weighted by Gasteiger charge is 2.18. The molecule has 0 saturated heterocycles.